The molecule has 0 radical (unpaired) electrons. The summed E-state index contributed by atoms with van der Waals surface area (Å²) in [4.78, 5) is 25.2. The molecule has 1 heterocycles. The molecule has 1 saturated heterocycles. The third-order valence-electron chi connectivity index (χ3n) is 2.83. The van der Waals surface area contributed by atoms with Gasteiger partial charge in [0.15, 0.2) is 0 Å². The summed E-state index contributed by atoms with van der Waals surface area (Å²) >= 11 is 5.84. The van der Waals surface area contributed by atoms with Gasteiger partial charge < -0.3 is 10.2 Å². The van der Waals surface area contributed by atoms with Gasteiger partial charge in [-0.2, -0.15) is 0 Å². The third kappa shape index (κ3) is 2.42. The molecule has 4 nitrogen and oxygen atoms in total. The second kappa shape index (κ2) is 4.75. The molecule has 2 rings (SSSR count). The molecule has 1 aromatic carbocycles. The molecule has 90 valence electrons. The van der Waals surface area contributed by atoms with Gasteiger partial charge in [0.2, 0.25) is 5.91 Å². The molecule has 17 heavy (non-hydrogen) atoms. The molecule has 1 aliphatic heterocycles. The van der Waals surface area contributed by atoms with Crippen molar-refractivity contribution in [2.45, 2.75) is 13.0 Å². The lowest BCUT2D eigenvalue weighted by Crippen LogP contribution is -2.55. The number of benzene rings is 1. The monoisotopic (exact) mass is 252 g/mol. The Hall–Kier alpha value is -1.55. The Morgan fingerprint density at radius 3 is 3.00 bits per heavy atom. The van der Waals surface area contributed by atoms with Gasteiger partial charge in [0.1, 0.15) is 6.04 Å². The molecule has 0 aromatic heterocycles. The summed E-state index contributed by atoms with van der Waals surface area (Å²) in [6.07, 6.45) is 0. The van der Waals surface area contributed by atoms with E-state index in [-0.39, 0.29) is 11.8 Å². The van der Waals surface area contributed by atoms with Crippen molar-refractivity contribution < 1.29 is 9.59 Å². The number of hydrogen-bond acceptors (Lipinski definition) is 2. The molecule has 1 aromatic rings. The van der Waals surface area contributed by atoms with E-state index in [4.69, 9.17) is 11.6 Å². The first-order chi connectivity index (χ1) is 8.09. The molecule has 0 spiro atoms. The first-order valence-electron chi connectivity index (χ1n) is 5.44. The predicted octanol–water partition coefficient (Wildman–Crippen LogP) is 1.30. The fourth-order valence-electron chi connectivity index (χ4n) is 1.85. The largest absolute Gasteiger partial charge is 0.353 e. The molecule has 0 bridgehead atoms. The van der Waals surface area contributed by atoms with Gasteiger partial charge in [-0.15, -0.1) is 0 Å². The van der Waals surface area contributed by atoms with E-state index >= 15 is 0 Å². The van der Waals surface area contributed by atoms with Crippen LogP contribution >= 0.6 is 11.6 Å². The van der Waals surface area contributed by atoms with Gasteiger partial charge in [0.05, 0.1) is 0 Å². The average Bonchev–Trinajstić information content (AvgIpc) is 2.32. The van der Waals surface area contributed by atoms with Gasteiger partial charge in [-0.05, 0) is 25.1 Å². The molecular weight excluding hydrogens is 240 g/mol. The fraction of sp³-hybridized carbons (Fsp3) is 0.333. The zero-order valence-electron chi connectivity index (χ0n) is 9.44. The fourth-order valence-corrected chi connectivity index (χ4v) is 2.04. The highest BCUT2D eigenvalue weighted by atomic mass is 35.5. The van der Waals surface area contributed by atoms with Crippen LogP contribution in [-0.4, -0.2) is 35.8 Å². The SMILES string of the molecule is CC1C(=O)NCCN1C(=O)c1cccc(Cl)c1. The lowest BCUT2D eigenvalue weighted by Gasteiger charge is -2.32. The first-order valence-corrected chi connectivity index (χ1v) is 5.81. The van der Waals surface area contributed by atoms with Crippen molar-refractivity contribution in [2.24, 2.45) is 0 Å². The van der Waals surface area contributed by atoms with Crippen LogP contribution in [0.1, 0.15) is 17.3 Å². The standard InChI is InChI=1S/C12H13ClN2O2/c1-8-11(16)14-5-6-15(8)12(17)9-3-2-4-10(13)7-9/h2-4,7-8H,5-6H2,1H3,(H,14,16). The van der Waals surface area contributed by atoms with Gasteiger partial charge in [0.25, 0.3) is 5.91 Å². The number of carbonyl (C=O) groups is 2. The number of nitrogens with zero attached hydrogens (tertiary/aromatic N) is 1. The minimum atomic E-state index is -0.435. The minimum absolute atomic E-state index is 0.119. The zero-order valence-corrected chi connectivity index (χ0v) is 10.2. The average molecular weight is 253 g/mol. The first kappa shape index (κ1) is 11.9. The summed E-state index contributed by atoms with van der Waals surface area (Å²) in [6, 6.07) is 6.32. The number of hydrogen-bond donors (Lipinski definition) is 1. The maximum Gasteiger partial charge on any atom is 0.254 e. The highest BCUT2D eigenvalue weighted by molar-refractivity contribution is 6.31. The lowest BCUT2D eigenvalue weighted by atomic mass is 10.1. The van der Waals surface area contributed by atoms with Crippen LogP contribution in [0.4, 0.5) is 0 Å². The maximum atomic E-state index is 12.2. The third-order valence-corrected chi connectivity index (χ3v) is 3.07. The predicted molar refractivity (Wildman–Crippen MR) is 65.0 cm³/mol. The van der Waals surface area contributed by atoms with Crippen LogP contribution < -0.4 is 5.32 Å². The number of nitrogens with one attached hydrogen (secondary N) is 1. The van der Waals surface area contributed by atoms with Crippen LogP contribution in [-0.2, 0) is 4.79 Å². The Kier molecular flexibility index (Phi) is 3.33. The van der Waals surface area contributed by atoms with E-state index in [0.717, 1.165) is 0 Å². The van der Waals surface area contributed by atoms with Gasteiger partial charge >= 0.3 is 0 Å². The van der Waals surface area contributed by atoms with Crippen LogP contribution in [0.2, 0.25) is 5.02 Å². The van der Waals surface area contributed by atoms with Crippen LogP contribution in [0.3, 0.4) is 0 Å². The van der Waals surface area contributed by atoms with E-state index in [1.165, 1.54) is 0 Å². The molecule has 5 heteroatoms. The molecule has 2 amide bonds. The second-order valence-corrected chi connectivity index (χ2v) is 4.41. The Morgan fingerprint density at radius 1 is 1.53 bits per heavy atom. The summed E-state index contributed by atoms with van der Waals surface area (Å²) in [5, 5.41) is 3.24. The van der Waals surface area contributed by atoms with E-state index in [9.17, 15) is 9.59 Å². The quantitative estimate of drug-likeness (QED) is 0.819. The number of amides is 2. The molecule has 0 aliphatic carbocycles. The van der Waals surface area contributed by atoms with Gasteiger partial charge in [-0.25, -0.2) is 0 Å². The van der Waals surface area contributed by atoms with E-state index < -0.39 is 6.04 Å². The van der Waals surface area contributed by atoms with Crippen molar-refractivity contribution in [1.29, 1.82) is 0 Å². The molecule has 0 saturated carbocycles. The van der Waals surface area contributed by atoms with Gasteiger partial charge in [-0.1, -0.05) is 17.7 Å². The van der Waals surface area contributed by atoms with Crippen molar-refractivity contribution in [3.05, 3.63) is 34.9 Å². The van der Waals surface area contributed by atoms with E-state index in [1.807, 2.05) is 0 Å². The van der Waals surface area contributed by atoms with Gasteiger partial charge in [-0.3, -0.25) is 9.59 Å². The van der Waals surface area contributed by atoms with Crippen LogP contribution in [0.15, 0.2) is 24.3 Å². The number of carbonyl (C=O) groups excluding carboxylic acids is 2. The number of halogens is 1. The van der Waals surface area contributed by atoms with Crippen molar-refractivity contribution in [1.82, 2.24) is 10.2 Å². The molecule has 1 unspecified atom stereocenters. The van der Waals surface area contributed by atoms with Crippen molar-refractivity contribution in [3.8, 4) is 0 Å². The molecule has 1 aliphatic rings. The van der Waals surface area contributed by atoms with E-state index in [1.54, 1.807) is 36.1 Å². The summed E-state index contributed by atoms with van der Waals surface area (Å²) in [6.45, 7) is 2.74. The van der Waals surface area contributed by atoms with Crippen molar-refractivity contribution in [2.75, 3.05) is 13.1 Å². The Balaban J connectivity index is 2.22. The van der Waals surface area contributed by atoms with Gasteiger partial charge in [0, 0.05) is 23.7 Å². The normalized spacial score (nSPS) is 20.0. The summed E-state index contributed by atoms with van der Waals surface area (Å²) < 4.78 is 0. The van der Waals surface area contributed by atoms with Crippen LogP contribution in [0, 0.1) is 0 Å². The smallest absolute Gasteiger partial charge is 0.254 e. The zero-order chi connectivity index (χ0) is 12.4. The van der Waals surface area contributed by atoms with Crippen LogP contribution in [0.5, 0.6) is 0 Å². The molecule has 1 N–H and O–H groups in total. The Morgan fingerprint density at radius 2 is 2.29 bits per heavy atom. The highest BCUT2D eigenvalue weighted by Crippen LogP contribution is 2.15. The lowest BCUT2D eigenvalue weighted by molar-refractivity contribution is -0.127. The summed E-state index contributed by atoms with van der Waals surface area (Å²) in [7, 11) is 0. The van der Waals surface area contributed by atoms with Crippen LogP contribution in [0.25, 0.3) is 0 Å². The Labute approximate surface area is 105 Å². The molecule has 1 atom stereocenters. The topological polar surface area (TPSA) is 49.4 Å². The number of piperazine rings is 1. The second-order valence-electron chi connectivity index (χ2n) is 3.98. The maximum absolute atomic E-state index is 12.2. The molecular formula is C12H13ClN2O2. The Bertz CT molecular complexity index is 462. The number of rotatable bonds is 1. The van der Waals surface area contributed by atoms with Crippen molar-refractivity contribution in [3.63, 3.8) is 0 Å². The molecule has 1 fully saturated rings. The van der Waals surface area contributed by atoms with E-state index in [2.05, 4.69) is 5.32 Å². The summed E-state index contributed by atoms with van der Waals surface area (Å²) in [5.41, 5.74) is 0.513. The minimum Gasteiger partial charge on any atom is -0.353 e. The van der Waals surface area contributed by atoms with Crippen molar-refractivity contribution >= 4 is 23.4 Å². The summed E-state index contributed by atoms with van der Waals surface area (Å²) in [5.74, 6) is -0.276. The van der Waals surface area contributed by atoms with E-state index in [0.29, 0.717) is 23.7 Å². The highest BCUT2D eigenvalue weighted by Gasteiger charge is 2.29.